The van der Waals surface area contributed by atoms with Crippen LogP contribution in [0.3, 0.4) is 0 Å². The van der Waals surface area contributed by atoms with Crippen LogP contribution in [0, 0.1) is 0 Å². The number of ether oxygens (including phenoxy) is 2. The molecule has 8 nitrogen and oxygen atoms in total. The summed E-state index contributed by atoms with van der Waals surface area (Å²) >= 11 is 0. The highest BCUT2D eigenvalue weighted by Crippen LogP contribution is 2.27. The van der Waals surface area contributed by atoms with Crippen LogP contribution in [-0.2, 0) is 9.47 Å². The smallest absolute Gasteiger partial charge is 0.409 e. The molecule has 3 aromatic rings. The van der Waals surface area contributed by atoms with Crippen LogP contribution >= 0.6 is 0 Å². The van der Waals surface area contributed by atoms with Crippen LogP contribution in [0.25, 0.3) is 22.6 Å². The summed E-state index contributed by atoms with van der Waals surface area (Å²) in [4.78, 5) is 31.4. The van der Waals surface area contributed by atoms with Crippen molar-refractivity contribution in [2.45, 2.75) is 50.5 Å². The zero-order chi connectivity index (χ0) is 22.8. The minimum Gasteiger partial charge on any atom is -0.436 e. The van der Waals surface area contributed by atoms with Gasteiger partial charge in [0.1, 0.15) is 5.52 Å². The lowest BCUT2D eigenvalue weighted by molar-refractivity contribution is -0.0685. The van der Waals surface area contributed by atoms with E-state index < -0.39 is 12.4 Å². The molecule has 8 heteroatoms. The predicted octanol–water partition coefficient (Wildman–Crippen LogP) is 4.35. The molecule has 0 bridgehead atoms. The fourth-order valence-corrected chi connectivity index (χ4v) is 4.52. The monoisotopic (exact) mass is 449 g/mol. The quantitative estimate of drug-likeness (QED) is 0.622. The molecule has 2 heterocycles. The Labute approximate surface area is 191 Å². The lowest BCUT2D eigenvalue weighted by Crippen LogP contribution is -2.39. The van der Waals surface area contributed by atoms with Crippen molar-refractivity contribution in [3.05, 3.63) is 54.1 Å². The number of aromatic nitrogens is 1. The van der Waals surface area contributed by atoms with Crippen molar-refractivity contribution in [3.63, 3.8) is 0 Å². The number of hydrogen-bond donors (Lipinski definition) is 1. The van der Waals surface area contributed by atoms with Gasteiger partial charge in [-0.3, -0.25) is 4.79 Å². The molecule has 33 heavy (non-hydrogen) atoms. The van der Waals surface area contributed by atoms with Gasteiger partial charge in [-0.15, -0.1) is 0 Å². The van der Waals surface area contributed by atoms with Crippen LogP contribution in [0.2, 0.25) is 0 Å². The molecule has 172 valence electrons. The number of benzene rings is 2. The second-order valence-electron chi connectivity index (χ2n) is 8.64. The zero-order valence-electron chi connectivity index (χ0n) is 18.5. The lowest BCUT2D eigenvalue weighted by Gasteiger charge is -2.25. The van der Waals surface area contributed by atoms with E-state index in [1.54, 1.807) is 17.0 Å². The molecule has 5 rings (SSSR count). The molecule has 1 aliphatic heterocycles. The fourth-order valence-electron chi connectivity index (χ4n) is 4.52. The van der Waals surface area contributed by atoms with Crippen LogP contribution in [0.15, 0.2) is 52.9 Å². The minimum absolute atomic E-state index is 0.0133. The first-order chi connectivity index (χ1) is 16.1. The molecule has 1 aliphatic carbocycles. The molecule has 1 N–H and O–H groups in total. The Hall–Kier alpha value is -3.39. The van der Waals surface area contributed by atoms with Gasteiger partial charge < -0.3 is 24.1 Å². The van der Waals surface area contributed by atoms with Gasteiger partial charge in [-0.2, -0.15) is 0 Å². The van der Waals surface area contributed by atoms with Crippen LogP contribution in [0.4, 0.5) is 4.79 Å². The maximum absolute atomic E-state index is 13.0. The summed E-state index contributed by atoms with van der Waals surface area (Å²) in [5.74, 6) is 0.481. The van der Waals surface area contributed by atoms with Gasteiger partial charge >= 0.3 is 6.09 Å². The van der Waals surface area contributed by atoms with Crippen LogP contribution in [0.5, 0.6) is 0 Å². The van der Waals surface area contributed by atoms with Gasteiger partial charge in [0.15, 0.2) is 5.58 Å². The lowest BCUT2D eigenvalue weighted by atomic mass is 10.1. The fraction of sp³-hybridized carbons (Fsp3) is 0.400. The van der Waals surface area contributed by atoms with E-state index in [0.717, 1.165) is 42.3 Å². The normalized spacial score (nSPS) is 22.4. The Balaban J connectivity index is 1.17. The number of alkyl carbamates (subject to hydrolysis) is 1. The number of carbonyl (C=O) groups excluding carboxylic acids is 2. The van der Waals surface area contributed by atoms with Crippen molar-refractivity contribution in [2.24, 2.45) is 0 Å². The van der Waals surface area contributed by atoms with E-state index in [4.69, 9.17) is 13.9 Å². The number of nitrogens with one attached hydrogen (secondary N) is 1. The Morgan fingerprint density at radius 3 is 2.67 bits per heavy atom. The number of oxazole rings is 1. The molecule has 1 aromatic heterocycles. The first-order valence-corrected chi connectivity index (χ1v) is 11.4. The molecule has 1 saturated carbocycles. The molecule has 1 saturated heterocycles. The molecule has 2 fully saturated rings. The first kappa shape index (κ1) is 21.5. The molecule has 0 spiro atoms. The van der Waals surface area contributed by atoms with Crippen LogP contribution < -0.4 is 5.32 Å². The van der Waals surface area contributed by atoms with Gasteiger partial charge in [-0.05, 0) is 62.1 Å². The van der Waals surface area contributed by atoms with E-state index in [9.17, 15) is 9.59 Å². The summed E-state index contributed by atoms with van der Waals surface area (Å²) in [5, 5.41) is 2.91. The Morgan fingerprint density at radius 2 is 1.91 bits per heavy atom. The summed E-state index contributed by atoms with van der Waals surface area (Å²) in [6, 6.07) is 15.0. The van der Waals surface area contributed by atoms with Gasteiger partial charge in [0, 0.05) is 36.7 Å². The maximum atomic E-state index is 13.0. The van der Waals surface area contributed by atoms with Crippen molar-refractivity contribution in [1.29, 1.82) is 0 Å². The van der Waals surface area contributed by atoms with Crippen LogP contribution in [-0.4, -0.2) is 53.9 Å². The number of amides is 2. The SMILES string of the molecule is CN(C(=O)c1ccc(-c2nc3ccccc3o2)cc1)[C@@H]1CC[C@H](NC(=O)O[C@H]2CCCO2)C1. The summed E-state index contributed by atoms with van der Waals surface area (Å²) in [6.07, 6.45) is 3.09. The summed E-state index contributed by atoms with van der Waals surface area (Å²) in [5.41, 5.74) is 2.96. The third-order valence-corrected chi connectivity index (χ3v) is 6.39. The van der Waals surface area contributed by atoms with Crippen molar-refractivity contribution < 1.29 is 23.5 Å². The van der Waals surface area contributed by atoms with E-state index in [1.165, 1.54) is 0 Å². The Morgan fingerprint density at radius 1 is 1.09 bits per heavy atom. The van der Waals surface area contributed by atoms with Crippen LogP contribution in [0.1, 0.15) is 42.5 Å². The van der Waals surface area contributed by atoms with Gasteiger partial charge in [0.25, 0.3) is 5.91 Å². The second kappa shape index (κ2) is 9.23. The largest absolute Gasteiger partial charge is 0.436 e. The number of hydrogen-bond acceptors (Lipinski definition) is 6. The number of carbonyl (C=O) groups is 2. The minimum atomic E-state index is -0.448. The topological polar surface area (TPSA) is 93.9 Å². The Bertz CT molecular complexity index is 1100. The standard InChI is InChI=1S/C25H27N3O5/c1-28(19-13-12-18(15-19)26-25(30)33-22-7-4-14-31-22)24(29)17-10-8-16(9-11-17)23-27-20-5-2-3-6-21(20)32-23/h2-3,5-6,8-11,18-19,22H,4,7,12-15H2,1H3,(H,26,30)/t18-,19+,22-/m0/s1. The first-order valence-electron chi connectivity index (χ1n) is 11.4. The molecule has 0 unspecified atom stereocenters. The molecular weight excluding hydrogens is 422 g/mol. The van der Waals surface area contributed by atoms with Gasteiger partial charge in [-0.1, -0.05) is 12.1 Å². The molecule has 2 aliphatic rings. The van der Waals surface area contributed by atoms with Crippen molar-refractivity contribution in [2.75, 3.05) is 13.7 Å². The number of nitrogens with zero attached hydrogens (tertiary/aromatic N) is 2. The molecule has 3 atom stereocenters. The molecule has 2 aromatic carbocycles. The van der Waals surface area contributed by atoms with Crippen molar-refractivity contribution in [1.82, 2.24) is 15.2 Å². The van der Waals surface area contributed by atoms with E-state index in [-0.39, 0.29) is 18.0 Å². The van der Waals surface area contributed by atoms with Crippen molar-refractivity contribution in [3.8, 4) is 11.5 Å². The van der Waals surface area contributed by atoms with E-state index in [2.05, 4.69) is 10.3 Å². The summed E-state index contributed by atoms with van der Waals surface area (Å²) in [6.45, 7) is 0.631. The molecule has 0 radical (unpaired) electrons. The predicted molar refractivity (Wildman–Crippen MR) is 122 cm³/mol. The Kier molecular flexibility index (Phi) is 6.00. The third kappa shape index (κ3) is 4.71. The van der Waals surface area contributed by atoms with E-state index in [0.29, 0.717) is 24.5 Å². The number of para-hydroxylation sites is 2. The van der Waals surface area contributed by atoms with Crippen molar-refractivity contribution >= 4 is 23.1 Å². The average Bonchev–Trinajstić information content (AvgIpc) is 3.59. The second-order valence-corrected chi connectivity index (χ2v) is 8.64. The third-order valence-electron chi connectivity index (χ3n) is 6.39. The number of fused-ring (bicyclic) bond motifs is 1. The van der Waals surface area contributed by atoms with Gasteiger partial charge in [0.05, 0.1) is 6.61 Å². The number of rotatable bonds is 5. The van der Waals surface area contributed by atoms with Gasteiger partial charge in [-0.25, -0.2) is 9.78 Å². The average molecular weight is 450 g/mol. The summed E-state index contributed by atoms with van der Waals surface area (Å²) < 4.78 is 16.4. The summed E-state index contributed by atoms with van der Waals surface area (Å²) in [7, 11) is 1.81. The van der Waals surface area contributed by atoms with E-state index >= 15 is 0 Å². The highest BCUT2D eigenvalue weighted by molar-refractivity contribution is 5.94. The maximum Gasteiger partial charge on any atom is 0.409 e. The highest BCUT2D eigenvalue weighted by Gasteiger charge is 2.32. The molecular formula is C25H27N3O5. The zero-order valence-corrected chi connectivity index (χ0v) is 18.5. The van der Waals surface area contributed by atoms with Gasteiger partial charge in [0.2, 0.25) is 12.2 Å². The molecule has 2 amide bonds. The highest BCUT2D eigenvalue weighted by atomic mass is 16.7. The van der Waals surface area contributed by atoms with E-state index in [1.807, 2.05) is 43.4 Å².